The molecule has 0 aromatic carbocycles. The molecule has 0 atom stereocenters. The highest BCUT2D eigenvalue weighted by Gasteiger charge is 1.92. The van der Waals surface area contributed by atoms with Gasteiger partial charge in [0.05, 0.1) is 0 Å². The van der Waals surface area contributed by atoms with Crippen LogP contribution in [0.25, 0.3) is 0 Å². The van der Waals surface area contributed by atoms with Crippen molar-refractivity contribution in [3.8, 4) is 0 Å². The normalized spacial score (nSPS) is 11.7. The first-order chi connectivity index (χ1) is 9.91. The molecule has 0 aliphatic rings. The molecule has 0 nitrogen and oxygen atoms in total. The van der Waals surface area contributed by atoms with Crippen molar-refractivity contribution in [1.29, 1.82) is 0 Å². The fraction of sp³-hybridized carbons (Fsp3) is 0.650. The molecular weight excluding hydrogens is 240 g/mol. The van der Waals surface area contributed by atoms with Gasteiger partial charge in [-0.15, -0.1) is 0 Å². The van der Waals surface area contributed by atoms with Crippen molar-refractivity contribution < 1.29 is 0 Å². The molecule has 0 bridgehead atoms. The van der Waals surface area contributed by atoms with Crippen molar-refractivity contribution in [2.75, 3.05) is 0 Å². The van der Waals surface area contributed by atoms with Crippen LogP contribution in [0.5, 0.6) is 0 Å². The molecule has 0 N–H and O–H groups in total. The van der Waals surface area contributed by atoms with E-state index in [1.54, 1.807) is 0 Å². The van der Waals surface area contributed by atoms with Crippen LogP contribution >= 0.6 is 0 Å². The Labute approximate surface area is 128 Å². The largest absolute Gasteiger partial charge is 0.0991 e. The van der Waals surface area contributed by atoms with E-state index in [0.717, 1.165) is 0 Å². The molecule has 0 saturated heterocycles. The first kappa shape index (κ1) is 19.2. The molecule has 0 heterocycles. The summed E-state index contributed by atoms with van der Waals surface area (Å²) in [5.41, 5.74) is 0. The van der Waals surface area contributed by atoms with Crippen LogP contribution in [-0.4, -0.2) is 0 Å². The summed E-state index contributed by atoms with van der Waals surface area (Å²) in [6.07, 6.45) is 29.1. The molecule has 0 aromatic heterocycles. The van der Waals surface area contributed by atoms with Gasteiger partial charge in [0.15, 0.2) is 0 Å². The maximum Gasteiger partial charge on any atom is -0.0348 e. The van der Waals surface area contributed by atoms with Gasteiger partial charge in [0, 0.05) is 0 Å². The van der Waals surface area contributed by atoms with Gasteiger partial charge in [0.1, 0.15) is 0 Å². The minimum atomic E-state index is 1.21. The first-order valence-corrected chi connectivity index (χ1v) is 8.67. The zero-order valence-corrected chi connectivity index (χ0v) is 13.7. The molecule has 0 rings (SSSR count). The van der Waals surface area contributed by atoms with E-state index in [0.29, 0.717) is 0 Å². The minimum Gasteiger partial charge on any atom is -0.0991 e. The van der Waals surface area contributed by atoms with Crippen molar-refractivity contribution in [3.05, 3.63) is 43.4 Å². The molecule has 0 heteroatoms. The Hall–Kier alpha value is -0.780. The molecule has 0 aliphatic heterocycles. The predicted molar refractivity (Wildman–Crippen MR) is 93.9 cm³/mol. The lowest BCUT2D eigenvalue weighted by molar-refractivity contribution is 0.598. The van der Waals surface area contributed by atoms with Gasteiger partial charge in [0.25, 0.3) is 0 Å². The standard InChI is InChI=1S/C20H35/c1-3-5-7-9-11-13-15-17-19-20-18-16-14-12-10-8-6-4-2/h3,5,7,9,11,14H,1,4,6,8,10,12-13,15-20H2,2H3. The van der Waals surface area contributed by atoms with Crippen molar-refractivity contribution in [2.24, 2.45) is 0 Å². The van der Waals surface area contributed by atoms with E-state index in [4.69, 9.17) is 0 Å². The Morgan fingerprint density at radius 1 is 0.650 bits per heavy atom. The summed E-state index contributed by atoms with van der Waals surface area (Å²) in [5.74, 6) is 0. The zero-order valence-electron chi connectivity index (χ0n) is 13.7. The quantitative estimate of drug-likeness (QED) is 0.219. The monoisotopic (exact) mass is 275 g/mol. The first-order valence-electron chi connectivity index (χ1n) is 8.67. The molecular formula is C20H35. The highest BCUT2D eigenvalue weighted by molar-refractivity contribution is 5.08. The van der Waals surface area contributed by atoms with Gasteiger partial charge in [-0.1, -0.05) is 108 Å². The summed E-state index contributed by atoms with van der Waals surface area (Å²) in [6.45, 7) is 5.92. The fourth-order valence-electron chi connectivity index (χ4n) is 2.26. The Kier molecular flexibility index (Phi) is 17.5. The van der Waals surface area contributed by atoms with Crippen LogP contribution in [0.15, 0.2) is 37.0 Å². The topological polar surface area (TPSA) is 0 Å². The summed E-state index contributed by atoms with van der Waals surface area (Å²) in [6, 6.07) is 0. The number of unbranched alkanes of at least 4 members (excludes halogenated alkanes) is 12. The highest BCUT2D eigenvalue weighted by atomic mass is 14.0. The van der Waals surface area contributed by atoms with E-state index in [1.165, 1.54) is 77.0 Å². The van der Waals surface area contributed by atoms with Crippen molar-refractivity contribution in [3.63, 3.8) is 0 Å². The lowest BCUT2D eigenvalue weighted by Gasteiger charge is -2.01. The van der Waals surface area contributed by atoms with Gasteiger partial charge in [-0.25, -0.2) is 0 Å². The van der Waals surface area contributed by atoms with Gasteiger partial charge < -0.3 is 0 Å². The Balaban J connectivity index is 3.04. The van der Waals surface area contributed by atoms with E-state index in [9.17, 15) is 0 Å². The third-order valence-electron chi connectivity index (χ3n) is 3.54. The third kappa shape index (κ3) is 17.2. The Morgan fingerprint density at radius 2 is 1.25 bits per heavy atom. The second-order valence-corrected chi connectivity index (χ2v) is 5.53. The van der Waals surface area contributed by atoms with E-state index in [2.05, 4.69) is 32.1 Å². The van der Waals surface area contributed by atoms with Gasteiger partial charge >= 0.3 is 0 Å². The molecule has 0 spiro atoms. The highest BCUT2D eigenvalue weighted by Crippen LogP contribution is 2.11. The molecule has 0 aromatic rings. The molecule has 0 amide bonds. The number of hydrogen-bond donors (Lipinski definition) is 0. The van der Waals surface area contributed by atoms with Gasteiger partial charge in [-0.3, -0.25) is 0 Å². The van der Waals surface area contributed by atoms with Crippen LogP contribution in [0.2, 0.25) is 0 Å². The van der Waals surface area contributed by atoms with Crippen molar-refractivity contribution in [1.82, 2.24) is 0 Å². The van der Waals surface area contributed by atoms with Crippen LogP contribution in [0.4, 0.5) is 0 Å². The van der Waals surface area contributed by atoms with E-state index in [-0.39, 0.29) is 0 Å². The summed E-state index contributed by atoms with van der Waals surface area (Å²) in [4.78, 5) is 0. The van der Waals surface area contributed by atoms with E-state index < -0.39 is 0 Å². The van der Waals surface area contributed by atoms with Crippen LogP contribution < -0.4 is 0 Å². The second kappa shape index (κ2) is 18.2. The van der Waals surface area contributed by atoms with Gasteiger partial charge in [-0.2, -0.15) is 0 Å². The Morgan fingerprint density at radius 3 is 1.90 bits per heavy atom. The van der Waals surface area contributed by atoms with Crippen LogP contribution in [-0.2, 0) is 0 Å². The summed E-state index contributed by atoms with van der Waals surface area (Å²) < 4.78 is 0. The SMILES string of the molecule is C=CC=CC=CCCCCCCC[CH]CCCCCC. The number of allylic oxidation sites excluding steroid dienone is 5. The summed E-state index contributed by atoms with van der Waals surface area (Å²) in [7, 11) is 0. The lowest BCUT2D eigenvalue weighted by Crippen LogP contribution is -1.83. The average Bonchev–Trinajstić information content (AvgIpc) is 2.47. The molecule has 0 aliphatic carbocycles. The molecule has 20 heavy (non-hydrogen) atoms. The molecule has 0 saturated carbocycles. The lowest BCUT2D eigenvalue weighted by atomic mass is 10.0. The maximum atomic E-state index is 3.64. The van der Waals surface area contributed by atoms with Crippen LogP contribution in [0.1, 0.15) is 84.0 Å². The molecule has 0 fully saturated rings. The average molecular weight is 275 g/mol. The molecule has 115 valence electrons. The van der Waals surface area contributed by atoms with Crippen LogP contribution in [0, 0.1) is 6.42 Å². The van der Waals surface area contributed by atoms with Crippen molar-refractivity contribution in [2.45, 2.75) is 84.0 Å². The van der Waals surface area contributed by atoms with E-state index >= 15 is 0 Å². The minimum absolute atomic E-state index is 1.21. The van der Waals surface area contributed by atoms with Crippen LogP contribution in [0.3, 0.4) is 0 Å². The molecule has 1 radical (unpaired) electrons. The maximum absolute atomic E-state index is 3.64. The van der Waals surface area contributed by atoms with E-state index in [1.807, 2.05) is 18.2 Å². The summed E-state index contributed by atoms with van der Waals surface area (Å²) in [5, 5.41) is 0. The third-order valence-corrected chi connectivity index (χ3v) is 3.54. The summed E-state index contributed by atoms with van der Waals surface area (Å²) >= 11 is 0. The second-order valence-electron chi connectivity index (χ2n) is 5.53. The molecule has 0 unspecified atom stereocenters. The van der Waals surface area contributed by atoms with Crippen molar-refractivity contribution >= 4 is 0 Å². The van der Waals surface area contributed by atoms with Gasteiger partial charge in [-0.05, 0) is 19.3 Å². The smallest absolute Gasteiger partial charge is 0.0348 e. The number of hydrogen-bond acceptors (Lipinski definition) is 0. The predicted octanol–water partition coefficient (Wildman–Crippen LogP) is 7.19. The van der Waals surface area contributed by atoms with Gasteiger partial charge in [0.2, 0.25) is 0 Å². The Bertz CT molecular complexity index is 234. The number of rotatable bonds is 15. The zero-order chi connectivity index (χ0) is 14.7. The fourth-order valence-corrected chi connectivity index (χ4v) is 2.26.